The lowest BCUT2D eigenvalue weighted by atomic mass is 10.2. The van der Waals surface area contributed by atoms with Crippen LogP contribution < -0.4 is 0 Å². The van der Waals surface area contributed by atoms with Crippen LogP contribution in [0.3, 0.4) is 0 Å². The topological polar surface area (TPSA) is 9.23 Å². The lowest BCUT2D eigenvalue weighted by Crippen LogP contribution is -2.10. The fourth-order valence-electron chi connectivity index (χ4n) is 1.07. The fraction of sp³-hybridized carbons (Fsp3) is 0.286. The number of alkyl halides is 3. The Morgan fingerprint density at radius 3 is 2.06 bits per heavy atom. The van der Waals surface area contributed by atoms with E-state index in [9.17, 15) is 13.2 Å². The van der Waals surface area contributed by atoms with Crippen LogP contribution in [0, 0.1) is 0 Å². The maximum Gasteiger partial charge on any atom is 0.416 e. The number of hydrogen-bond acceptors (Lipinski definition) is 1. The van der Waals surface area contributed by atoms with E-state index in [1.54, 1.807) is 19.1 Å². The van der Waals surface area contributed by atoms with Crippen LogP contribution >= 0.6 is 0 Å². The summed E-state index contributed by atoms with van der Waals surface area (Å²) >= 11 is 0. The van der Waals surface area contributed by atoms with Crippen LogP contribution in [-0.2, 0) is 4.74 Å². The summed E-state index contributed by atoms with van der Waals surface area (Å²) < 4.78 is 42.5. The van der Waals surface area contributed by atoms with E-state index in [0.29, 0.717) is 5.76 Å². The second-order valence-corrected chi connectivity index (χ2v) is 3.78. The molecule has 0 saturated carbocycles. The Morgan fingerprint density at radius 1 is 1.17 bits per heavy atom. The van der Waals surface area contributed by atoms with Crippen LogP contribution in [0.25, 0.3) is 0 Å². The first-order valence-corrected chi connectivity index (χ1v) is 5.30. The van der Waals surface area contributed by atoms with Crippen LogP contribution in [0.5, 0.6) is 0 Å². The van der Waals surface area contributed by atoms with E-state index in [-0.39, 0.29) is 5.76 Å². The molecule has 0 amide bonds. The van der Waals surface area contributed by atoms with Crippen molar-refractivity contribution in [1.82, 2.24) is 0 Å². The summed E-state index contributed by atoms with van der Waals surface area (Å²) in [6, 6.07) is 0. The normalized spacial score (nSPS) is 13.0. The molecule has 4 heteroatoms. The molecule has 1 nitrogen and oxygen atoms in total. The highest BCUT2D eigenvalue weighted by Crippen LogP contribution is 2.27. The quantitative estimate of drug-likeness (QED) is 0.494. The third-order valence-corrected chi connectivity index (χ3v) is 1.83. The molecule has 18 heavy (non-hydrogen) atoms. The van der Waals surface area contributed by atoms with Crippen LogP contribution in [-0.4, -0.2) is 6.18 Å². The largest absolute Gasteiger partial charge is 0.458 e. The Labute approximate surface area is 106 Å². The third kappa shape index (κ3) is 6.13. The Balaban J connectivity index is 4.94. The summed E-state index contributed by atoms with van der Waals surface area (Å²) in [6.45, 7) is 12.0. The first-order valence-electron chi connectivity index (χ1n) is 5.30. The molecule has 0 heterocycles. The minimum absolute atomic E-state index is 0.0900. The van der Waals surface area contributed by atoms with Crippen molar-refractivity contribution in [1.29, 1.82) is 0 Å². The number of rotatable bonds is 5. The summed E-state index contributed by atoms with van der Waals surface area (Å²) in [4.78, 5) is 0. The van der Waals surface area contributed by atoms with Crippen molar-refractivity contribution in [2.75, 3.05) is 0 Å². The van der Waals surface area contributed by atoms with Gasteiger partial charge in [0.05, 0.1) is 5.57 Å². The highest BCUT2D eigenvalue weighted by atomic mass is 19.4. The highest BCUT2D eigenvalue weighted by molar-refractivity contribution is 5.30. The van der Waals surface area contributed by atoms with Gasteiger partial charge in [0, 0.05) is 0 Å². The van der Waals surface area contributed by atoms with Crippen molar-refractivity contribution < 1.29 is 17.9 Å². The lowest BCUT2D eigenvalue weighted by molar-refractivity contribution is -0.0883. The zero-order valence-corrected chi connectivity index (χ0v) is 10.8. The molecule has 0 saturated heterocycles. The maximum absolute atomic E-state index is 12.4. The van der Waals surface area contributed by atoms with E-state index in [1.165, 1.54) is 0 Å². The first kappa shape index (κ1) is 16.3. The average molecular weight is 258 g/mol. The van der Waals surface area contributed by atoms with Gasteiger partial charge in [-0.1, -0.05) is 24.8 Å². The Bertz CT molecular complexity index is 405. The summed E-state index contributed by atoms with van der Waals surface area (Å²) in [5.74, 6) is 0.356. The van der Waals surface area contributed by atoms with Crippen molar-refractivity contribution in [2.24, 2.45) is 0 Å². The molecule has 0 aromatic rings. The van der Waals surface area contributed by atoms with Gasteiger partial charge in [0.2, 0.25) is 0 Å². The predicted octanol–water partition coefficient (Wildman–Crippen LogP) is 5.06. The summed E-state index contributed by atoms with van der Waals surface area (Å²) in [5, 5.41) is 0. The molecular formula is C14H17F3O. The van der Waals surface area contributed by atoms with Gasteiger partial charge >= 0.3 is 6.18 Å². The van der Waals surface area contributed by atoms with Gasteiger partial charge < -0.3 is 4.74 Å². The zero-order valence-electron chi connectivity index (χ0n) is 10.8. The molecule has 0 radical (unpaired) electrons. The molecule has 100 valence electrons. The second-order valence-electron chi connectivity index (χ2n) is 3.78. The first-order chi connectivity index (χ1) is 8.20. The van der Waals surface area contributed by atoms with E-state index >= 15 is 0 Å². The summed E-state index contributed by atoms with van der Waals surface area (Å²) in [7, 11) is 0. The fourth-order valence-corrected chi connectivity index (χ4v) is 1.07. The van der Waals surface area contributed by atoms with Crippen molar-refractivity contribution in [3.05, 3.63) is 60.1 Å². The smallest absolute Gasteiger partial charge is 0.416 e. The Hall–Kier alpha value is -1.71. The Morgan fingerprint density at radius 2 is 1.72 bits per heavy atom. The van der Waals surface area contributed by atoms with Crippen LogP contribution in [0.15, 0.2) is 60.1 Å². The molecule has 0 aromatic carbocycles. The van der Waals surface area contributed by atoms with Crippen molar-refractivity contribution in [3.63, 3.8) is 0 Å². The van der Waals surface area contributed by atoms with Crippen molar-refractivity contribution in [2.45, 2.75) is 26.9 Å². The van der Waals surface area contributed by atoms with E-state index in [2.05, 4.69) is 13.2 Å². The molecule has 0 aliphatic rings. The van der Waals surface area contributed by atoms with E-state index in [4.69, 9.17) is 4.74 Å². The van der Waals surface area contributed by atoms with Gasteiger partial charge in [-0.25, -0.2) is 0 Å². The van der Waals surface area contributed by atoms with Gasteiger partial charge in [-0.2, -0.15) is 13.2 Å². The van der Waals surface area contributed by atoms with Gasteiger partial charge in [-0.15, -0.1) is 0 Å². The van der Waals surface area contributed by atoms with E-state index < -0.39 is 11.7 Å². The van der Waals surface area contributed by atoms with E-state index in [1.807, 2.05) is 13.8 Å². The molecule has 0 N–H and O–H groups in total. The predicted molar refractivity (Wildman–Crippen MR) is 67.7 cm³/mol. The SMILES string of the molecule is C=C/C(=C\C(=C)O/C(C=C(C)C)=C/C)C(F)(F)F. The number of hydrogen-bond donors (Lipinski definition) is 0. The van der Waals surface area contributed by atoms with Gasteiger partial charge in [0.15, 0.2) is 0 Å². The third-order valence-electron chi connectivity index (χ3n) is 1.83. The number of ether oxygens (including phenoxy) is 1. The molecule has 0 spiro atoms. The van der Waals surface area contributed by atoms with Gasteiger partial charge in [0.1, 0.15) is 11.5 Å². The van der Waals surface area contributed by atoms with Crippen LogP contribution in [0.2, 0.25) is 0 Å². The molecule has 0 bridgehead atoms. The number of halogens is 3. The molecule has 0 unspecified atom stereocenters. The highest BCUT2D eigenvalue weighted by Gasteiger charge is 2.31. The number of allylic oxidation sites excluding steroid dienone is 6. The molecule has 0 aromatic heterocycles. The van der Waals surface area contributed by atoms with Crippen molar-refractivity contribution in [3.8, 4) is 0 Å². The standard InChI is InChI=1S/C14H17F3O/c1-6-12(14(15,16)17)9-11(5)18-13(7-2)8-10(3)4/h6-9H,1,5H2,2-4H3/b12-9+,13-7+. The van der Waals surface area contributed by atoms with Gasteiger partial charge in [-0.3, -0.25) is 0 Å². The van der Waals surface area contributed by atoms with Crippen LogP contribution in [0.4, 0.5) is 13.2 Å². The molecule has 0 aliphatic heterocycles. The molecule has 0 atom stereocenters. The minimum atomic E-state index is -4.46. The summed E-state index contributed by atoms with van der Waals surface area (Å²) in [6.07, 6.45) is 0.439. The van der Waals surface area contributed by atoms with Crippen LogP contribution in [0.1, 0.15) is 20.8 Å². The minimum Gasteiger partial charge on any atom is -0.458 e. The monoisotopic (exact) mass is 258 g/mol. The average Bonchev–Trinajstić information content (AvgIpc) is 2.22. The zero-order chi connectivity index (χ0) is 14.3. The maximum atomic E-state index is 12.4. The molecule has 0 rings (SSSR count). The second kappa shape index (κ2) is 6.89. The molecule has 0 aliphatic carbocycles. The molecular weight excluding hydrogens is 241 g/mol. The van der Waals surface area contributed by atoms with Gasteiger partial charge in [-0.05, 0) is 39.0 Å². The summed E-state index contributed by atoms with van der Waals surface area (Å²) in [5.41, 5.74) is 0.0831. The lowest BCUT2D eigenvalue weighted by Gasteiger charge is -2.10. The molecule has 0 fully saturated rings. The van der Waals surface area contributed by atoms with Crippen molar-refractivity contribution >= 4 is 0 Å². The van der Waals surface area contributed by atoms with E-state index in [0.717, 1.165) is 17.7 Å². The van der Waals surface area contributed by atoms with Gasteiger partial charge in [0.25, 0.3) is 0 Å². The Kier molecular flexibility index (Phi) is 6.23.